The average molecular weight is 321 g/mol. The van der Waals surface area contributed by atoms with Crippen LogP contribution in [0.25, 0.3) is 6.08 Å². The van der Waals surface area contributed by atoms with Crippen molar-refractivity contribution in [3.8, 4) is 0 Å². The summed E-state index contributed by atoms with van der Waals surface area (Å²) >= 11 is 5.92. The van der Waals surface area contributed by atoms with Gasteiger partial charge < -0.3 is 10.2 Å². The second-order valence-corrected chi connectivity index (χ2v) is 5.87. The van der Waals surface area contributed by atoms with E-state index in [1.807, 2.05) is 25.1 Å². The third-order valence-electron chi connectivity index (χ3n) is 3.69. The highest BCUT2D eigenvalue weighted by molar-refractivity contribution is 6.30. The summed E-state index contributed by atoms with van der Waals surface area (Å²) in [5.41, 5.74) is 0.897. The van der Waals surface area contributed by atoms with Gasteiger partial charge in [-0.1, -0.05) is 30.7 Å². The molecule has 1 saturated heterocycles. The van der Waals surface area contributed by atoms with Crippen molar-refractivity contribution in [1.29, 1.82) is 0 Å². The number of halogens is 1. The van der Waals surface area contributed by atoms with Crippen LogP contribution in [0.2, 0.25) is 5.02 Å². The van der Waals surface area contributed by atoms with Crippen molar-refractivity contribution in [3.63, 3.8) is 0 Å². The van der Waals surface area contributed by atoms with Crippen LogP contribution < -0.4 is 5.32 Å². The van der Waals surface area contributed by atoms with E-state index in [1.54, 1.807) is 23.1 Å². The minimum absolute atomic E-state index is 0.0320. The summed E-state index contributed by atoms with van der Waals surface area (Å²) in [4.78, 5) is 25.5. The summed E-state index contributed by atoms with van der Waals surface area (Å²) in [6, 6.07) is 7.42. The molecule has 1 aromatic carbocycles. The van der Waals surface area contributed by atoms with Crippen LogP contribution in [-0.4, -0.2) is 35.8 Å². The van der Waals surface area contributed by atoms with E-state index < -0.39 is 0 Å². The van der Waals surface area contributed by atoms with Crippen molar-refractivity contribution >= 4 is 29.5 Å². The van der Waals surface area contributed by atoms with Gasteiger partial charge in [-0.15, -0.1) is 0 Å². The number of amides is 2. The average Bonchev–Trinajstić information content (AvgIpc) is 2.53. The quantitative estimate of drug-likeness (QED) is 0.867. The first-order chi connectivity index (χ1) is 10.6. The molecule has 4 nitrogen and oxygen atoms in total. The fraction of sp³-hybridized carbons (Fsp3) is 0.412. The van der Waals surface area contributed by atoms with E-state index in [-0.39, 0.29) is 17.9 Å². The molecule has 1 N–H and O–H groups in total. The van der Waals surface area contributed by atoms with Gasteiger partial charge in [0.25, 0.3) is 0 Å². The van der Waals surface area contributed by atoms with Gasteiger partial charge in [-0.3, -0.25) is 9.59 Å². The van der Waals surface area contributed by atoms with E-state index in [4.69, 9.17) is 11.6 Å². The number of carbonyl (C=O) groups excluding carboxylic acids is 2. The van der Waals surface area contributed by atoms with E-state index in [2.05, 4.69) is 5.32 Å². The number of hydrogen-bond donors (Lipinski definition) is 1. The zero-order chi connectivity index (χ0) is 15.9. The van der Waals surface area contributed by atoms with Crippen LogP contribution in [0, 0.1) is 0 Å². The Balaban J connectivity index is 1.93. The molecule has 0 radical (unpaired) electrons. The molecule has 1 heterocycles. The number of nitrogens with one attached hydrogen (secondary N) is 1. The fourth-order valence-corrected chi connectivity index (χ4v) is 2.71. The molecule has 1 fully saturated rings. The van der Waals surface area contributed by atoms with Crippen molar-refractivity contribution in [2.24, 2.45) is 0 Å². The fourth-order valence-electron chi connectivity index (χ4n) is 2.51. The monoisotopic (exact) mass is 320 g/mol. The van der Waals surface area contributed by atoms with Gasteiger partial charge in [0.05, 0.1) is 0 Å². The lowest BCUT2D eigenvalue weighted by Crippen LogP contribution is -2.49. The van der Waals surface area contributed by atoms with Gasteiger partial charge in [0.2, 0.25) is 11.8 Å². The number of benzene rings is 1. The molecule has 118 valence electrons. The number of carbonyl (C=O) groups is 2. The van der Waals surface area contributed by atoms with Crippen LogP contribution in [0.4, 0.5) is 0 Å². The first kappa shape index (κ1) is 16.6. The van der Waals surface area contributed by atoms with Crippen molar-refractivity contribution in [3.05, 3.63) is 40.9 Å². The number of rotatable bonds is 4. The first-order valence-electron chi connectivity index (χ1n) is 7.60. The Morgan fingerprint density at radius 2 is 2.27 bits per heavy atom. The van der Waals surface area contributed by atoms with Crippen LogP contribution in [0.15, 0.2) is 30.3 Å². The summed E-state index contributed by atoms with van der Waals surface area (Å²) in [5, 5.41) is 3.61. The summed E-state index contributed by atoms with van der Waals surface area (Å²) < 4.78 is 0. The number of piperidine rings is 1. The Hall–Kier alpha value is -1.81. The summed E-state index contributed by atoms with van der Waals surface area (Å²) in [6.07, 6.45) is 5.64. The Bertz CT molecular complexity index is 572. The van der Waals surface area contributed by atoms with Gasteiger partial charge in [0.1, 0.15) is 0 Å². The maximum atomic E-state index is 12.3. The first-order valence-corrected chi connectivity index (χ1v) is 7.98. The molecule has 5 heteroatoms. The summed E-state index contributed by atoms with van der Waals surface area (Å²) in [7, 11) is 0. The zero-order valence-corrected chi connectivity index (χ0v) is 13.5. The topological polar surface area (TPSA) is 49.4 Å². The normalized spacial score (nSPS) is 18.5. The molecule has 2 rings (SSSR count). The molecular weight excluding hydrogens is 300 g/mol. The zero-order valence-electron chi connectivity index (χ0n) is 12.7. The molecule has 1 atom stereocenters. The smallest absolute Gasteiger partial charge is 0.246 e. The third-order valence-corrected chi connectivity index (χ3v) is 3.92. The summed E-state index contributed by atoms with van der Waals surface area (Å²) in [5.74, 6) is 0.00388. The highest BCUT2D eigenvalue weighted by Gasteiger charge is 2.23. The second kappa shape index (κ2) is 7.99. The van der Waals surface area contributed by atoms with Crippen LogP contribution in [0.3, 0.4) is 0 Å². The van der Waals surface area contributed by atoms with Gasteiger partial charge in [0.15, 0.2) is 0 Å². The standard InChI is InChI=1S/C17H21ClN2O2/c1-2-16(21)19-15-7-4-10-20(12-15)17(22)9-8-13-5-3-6-14(18)11-13/h3,5-6,8-9,11,15H,2,4,7,10,12H2,1H3,(H,19,21)/b9-8-/t15-/m0/s1. The predicted molar refractivity (Wildman–Crippen MR) is 88.5 cm³/mol. The SMILES string of the molecule is CCC(=O)N[C@H]1CCCN(C(=O)/C=C\c2cccc(Cl)c2)C1. The lowest BCUT2D eigenvalue weighted by atomic mass is 10.1. The number of hydrogen-bond acceptors (Lipinski definition) is 2. The van der Waals surface area contributed by atoms with Gasteiger partial charge in [0, 0.05) is 36.7 Å². The third kappa shape index (κ3) is 4.88. The molecule has 1 aliphatic heterocycles. The molecule has 0 spiro atoms. The van der Waals surface area contributed by atoms with Crippen molar-refractivity contribution < 1.29 is 9.59 Å². The highest BCUT2D eigenvalue weighted by atomic mass is 35.5. The summed E-state index contributed by atoms with van der Waals surface area (Å²) in [6.45, 7) is 3.14. The maximum Gasteiger partial charge on any atom is 0.246 e. The number of nitrogens with zero attached hydrogens (tertiary/aromatic N) is 1. The van der Waals surface area contributed by atoms with E-state index in [1.165, 1.54) is 0 Å². The Morgan fingerprint density at radius 1 is 1.45 bits per heavy atom. The molecular formula is C17H21ClN2O2. The van der Waals surface area contributed by atoms with Crippen molar-refractivity contribution in [2.75, 3.05) is 13.1 Å². The molecule has 0 aliphatic carbocycles. The lowest BCUT2D eigenvalue weighted by Gasteiger charge is -2.32. The van der Waals surface area contributed by atoms with Crippen LogP contribution in [-0.2, 0) is 9.59 Å². The van der Waals surface area contributed by atoms with Gasteiger partial charge in [-0.25, -0.2) is 0 Å². The Labute approximate surface area is 136 Å². The molecule has 0 bridgehead atoms. The van der Waals surface area contributed by atoms with E-state index in [0.717, 1.165) is 24.9 Å². The van der Waals surface area contributed by atoms with Crippen molar-refractivity contribution in [1.82, 2.24) is 10.2 Å². The molecule has 0 saturated carbocycles. The van der Waals surface area contributed by atoms with Gasteiger partial charge in [-0.05, 0) is 36.6 Å². The molecule has 22 heavy (non-hydrogen) atoms. The Kier molecular flexibility index (Phi) is 6.01. The molecule has 1 aromatic rings. The van der Waals surface area contributed by atoms with Crippen LogP contribution in [0.5, 0.6) is 0 Å². The second-order valence-electron chi connectivity index (χ2n) is 5.43. The molecule has 1 aliphatic rings. The minimum atomic E-state index is -0.0320. The van der Waals surface area contributed by atoms with Crippen LogP contribution in [0.1, 0.15) is 31.7 Å². The van der Waals surface area contributed by atoms with Crippen LogP contribution >= 0.6 is 11.6 Å². The molecule has 0 unspecified atom stereocenters. The molecule has 2 amide bonds. The molecule has 0 aromatic heterocycles. The predicted octanol–water partition coefficient (Wildman–Crippen LogP) is 2.87. The van der Waals surface area contributed by atoms with E-state index >= 15 is 0 Å². The van der Waals surface area contributed by atoms with Crippen molar-refractivity contribution in [2.45, 2.75) is 32.2 Å². The number of likely N-dealkylation sites (tertiary alicyclic amines) is 1. The van der Waals surface area contributed by atoms with Gasteiger partial charge in [-0.2, -0.15) is 0 Å². The Morgan fingerprint density at radius 3 is 3.00 bits per heavy atom. The van der Waals surface area contributed by atoms with Gasteiger partial charge >= 0.3 is 0 Å². The maximum absolute atomic E-state index is 12.3. The highest BCUT2D eigenvalue weighted by Crippen LogP contribution is 2.14. The largest absolute Gasteiger partial charge is 0.352 e. The minimum Gasteiger partial charge on any atom is -0.352 e. The van der Waals surface area contributed by atoms with E-state index in [9.17, 15) is 9.59 Å². The van der Waals surface area contributed by atoms with E-state index in [0.29, 0.717) is 18.0 Å². The lowest BCUT2D eigenvalue weighted by molar-refractivity contribution is -0.129.